The Morgan fingerprint density at radius 2 is 1.85 bits per heavy atom. The zero-order valence-corrected chi connectivity index (χ0v) is 28.2. The third kappa shape index (κ3) is 5.91. The van der Waals surface area contributed by atoms with E-state index in [-0.39, 0.29) is 43.1 Å². The van der Waals surface area contributed by atoms with Crippen LogP contribution in [-0.4, -0.2) is 71.1 Å². The Morgan fingerprint density at radius 1 is 1.10 bits per heavy atom. The van der Waals surface area contributed by atoms with Crippen LogP contribution in [0.25, 0.3) is 0 Å². The van der Waals surface area contributed by atoms with E-state index in [2.05, 4.69) is 5.32 Å². The number of likely N-dealkylation sites (tertiary alicyclic amines) is 1. The first-order chi connectivity index (χ1) is 22.8. The molecule has 3 aliphatic rings. The third-order valence-corrected chi connectivity index (χ3v) is 12.5. The number of anilines is 2. The van der Waals surface area contributed by atoms with Crippen LogP contribution in [0.5, 0.6) is 0 Å². The molecule has 3 amide bonds. The van der Waals surface area contributed by atoms with Crippen LogP contribution in [0.3, 0.4) is 0 Å². The van der Waals surface area contributed by atoms with Gasteiger partial charge in [0.05, 0.1) is 42.3 Å². The molecule has 1 spiro atoms. The number of hydrogen-bond acceptors (Lipinski definition) is 8. The van der Waals surface area contributed by atoms with Crippen molar-refractivity contribution >= 4 is 43.1 Å². The number of nitro benzene ring substituents is 1. The van der Waals surface area contributed by atoms with Crippen molar-refractivity contribution in [3.8, 4) is 0 Å². The van der Waals surface area contributed by atoms with Gasteiger partial charge < -0.3 is 29.8 Å². The molecule has 0 bridgehead atoms. The van der Waals surface area contributed by atoms with Gasteiger partial charge in [-0.3, -0.25) is 24.5 Å². The molecule has 2 saturated heterocycles. The van der Waals surface area contributed by atoms with E-state index in [4.69, 9.17) is 4.74 Å². The molecule has 0 saturated carbocycles. The summed E-state index contributed by atoms with van der Waals surface area (Å²) < 4.78 is 6.72. The van der Waals surface area contributed by atoms with Crippen molar-refractivity contribution < 1.29 is 33.9 Å². The molecule has 0 radical (unpaired) electrons. The normalized spacial score (nSPS) is 25.1. The van der Waals surface area contributed by atoms with Gasteiger partial charge in [-0.1, -0.05) is 37.3 Å². The third-order valence-electron chi connectivity index (χ3n) is 10.0. The minimum Gasteiger partial charge on any atom is -0.432 e. The maximum Gasteiger partial charge on any atom is 0.269 e. The summed E-state index contributed by atoms with van der Waals surface area (Å²) in [7, 11) is -3.10. The fraction of sp³-hybridized carbons (Fsp3) is 0.400. The number of nitro groups is 1. The van der Waals surface area contributed by atoms with Crippen molar-refractivity contribution in [2.75, 3.05) is 23.4 Å². The summed E-state index contributed by atoms with van der Waals surface area (Å²) in [6, 6.07) is 19.9. The first kappa shape index (κ1) is 33.5. The highest BCUT2D eigenvalue weighted by atomic mass is 28.4. The molecule has 0 aromatic heterocycles. The van der Waals surface area contributed by atoms with Crippen molar-refractivity contribution in [1.29, 1.82) is 0 Å². The lowest BCUT2D eigenvalue weighted by atomic mass is 9.82. The molecule has 48 heavy (non-hydrogen) atoms. The van der Waals surface area contributed by atoms with Gasteiger partial charge in [0.1, 0.15) is 0 Å². The highest BCUT2D eigenvalue weighted by Gasteiger charge is 2.66. The van der Waals surface area contributed by atoms with Gasteiger partial charge in [-0.2, -0.15) is 0 Å². The van der Waals surface area contributed by atoms with E-state index in [9.17, 15) is 34.4 Å². The molecular weight excluding hydrogens is 632 g/mol. The van der Waals surface area contributed by atoms with Gasteiger partial charge in [0, 0.05) is 47.0 Å². The number of carbonyl (C=O) groups excluding carboxylic acids is 3. The Morgan fingerprint density at radius 3 is 2.54 bits per heavy atom. The van der Waals surface area contributed by atoms with Gasteiger partial charge in [-0.25, -0.2) is 0 Å². The van der Waals surface area contributed by atoms with Crippen LogP contribution in [0.15, 0.2) is 72.8 Å². The molecule has 3 aromatic rings. The molecule has 252 valence electrons. The van der Waals surface area contributed by atoms with E-state index in [1.807, 2.05) is 19.1 Å². The first-order valence-electron chi connectivity index (χ1n) is 16.2. The molecule has 2 fully saturated rings. The largest absolute Gasteiger partial charge is 0.432 e. The molecule has 13 heteroatoms. The van der Waals surface area contributed by atoms with Crippen LogP contribution in [0, 0.1) is 16.0 Å². The lowest BCUT2D eigenvalue weighted by molar-refractivity contribution is -0.385. The quantitative estimate of drug-likeness (QED) is 0.169. The molecule has 0 aliphatic carbocycles. The Bertz CT molecular complexity index is 1750. The minimum absolute atomic E-state index is 0.0800. The summed E-state index contributed by atoms with van der Waals surface area (Å²) in [6.07, 6.45) is 0.546. The Balaban J connectivity index is 1.35. The van der Waals surface area contributed by atoms with Crippen LogP contribution in [0.1, 0.15) is 47.7 Å². The second-order valence-corrected chi connectivity index (χ2v) is 17.5. The average molecular weight is 673 g/mol. The van der Waals surface area contributed by atoms with E-state index < -0.39 is 42.3 Å². The Labute approximate surface area is 279 Å². The second-order valence-electron chi connectivity index (χ2n) is 13.5. The predicted octanol–water partition coefficient (Wildman–Crippen LogP) is 4.57. The van der Waals surface area contributed by atoms with Gasteiger partial charge in [-0.15, -0.1) is 0 Å². The van der Waals surface area contributed by atoms with E-state index in [1.54, 1.807) is 66.5 Å². The van der Waals surface area contributed by atoms with Gasteiger partial charge in [0.2, 0.25) is 5.91 Å². The molecular formula is C35H40N4O8Si. The molecule has 3 heterocycles. The lowest BCUT2D eigenvalue weighted by Crippen LogP contribution is -2.46. The van der Waals surface area contributed by atoms with Crippen LogP contribution in [0.4, 0.5) is 17.1 Å². The number of fused-ring (bicyclic) bond motifs is 2. The topological polar surface area (TPSA) is 163 Å². The maximum atomic E-state index is 14.8. The molecule has 5 atom stereocenters. The number of amides is 3. The van der Waals surface area contributed by atoms with Crippen molar-refractivity contribution in [3.63, 3.8) is 0 Å². The van der Waals surface area contributed by atoms with Crippen molar-refractivity contribution in [2.45, 2.75) is 69.1 Å². The van der Waals surface area contributed by atoms with Crippen molar-refractivity contribution in [3.05, 3.63) is 99.6 Å². The minimum atomic E-state index is -3.10. The summed E-state index contributed by atoms with van der Waals surface area (Å²) in [5, 5.41) is 24.7. The SMILES string of the molecule is C[C@@H]1[C@@H]([Si](C)(C)O)[C@H](CC(=O)N2CCC[C@H]2CO)O[C@@]12C(=O)N(Cc1cccc(NC(=O)c3ccccc3)c1)c1ccc([N+](=O)[O-])cc12. The number of nitrogens with one attached hydrogen (secondary N) is 1. The Kier molecular flexibility index (Phi) is 8.98. The number of rotatable bonds is 9. The number of carbonyl (C=O) groups is 3. The highest BCUT2D eigenvalue weighted by molar-refractivity contribution is 6.71. The summed E-state index contributed by atoms with van der Waals surface area (Å²) in [5.74, 6) is -1.56. The molecule has 3 aromatic carbocycles. The average Bonchev–Trinajstić information content (AvgIpc) is 3.72. The van der Waals surface area contributed by atoms with E-state index in [0.29, 0.717) is 41.0 Å². The molecule has 0 unspecified atom stereocenters. The summed E-state index contributed by atoms with van der Waals surface area (Å²) >= 11 is 0. The van der Waals surface area contributed by atoms with Crippen LogP contribution in [-0.2, 0) is 26.5 Å². The highest BCUT2D eigenvalue weighted by Crippen LogP contribution is 2.60. The van der Waals surface area contributed by atoms with Crippen molar-refractivity contribution in [1.82, 2.24) is 4.90 Å². The number of non-ortho nitro benzene ring substituents is 1. The fourth-order valence-corrected chi connectivity index (χ4v) is 10.5. The van der Waals surface area contributed by atoms with Crippen LogP contribution < -0.4 is 10.2 Å². The number of benzene rings is 3. The second kappa shape index (κ2) is 12.9. The fourth-order valence-electron chi connectivity index (χ4n) is 7.90. The first-order valence-corrected chi connectivity index (χ1v) is 19.2. The number of aliphatic hydroxyl groups excluding tert-OH is 1. The van der Waals surface area contributed by atoms with E-state index in [0.717, 1.165) is 6.42 Å². The van der Waals surface area contributed by atoms with Crippen LogP contribution in [0.2, 0.25) is 18.6 Å². The molecule has 6 rings (SSSR count). The number of hydrogen-bond donors (Lipinski definition) is 3. The number of nitrogens with zero attached hydrogens (tertiary/aromatic N) is 3. The molecule has 12 nitrogen and oxygen atoms in total. The number of aliphatic hydroxyl groups is 1. The number of ether oxygens (including phenoxy) is 1. The van der Waals surface area contributed by atoms with Crippen LogP contribution >= 0.6 is 0 Å². The summed E-state index contributed by atoms with van der Waals surface area (Å²) in [4.78, 5) is 67.3. The Hall–Kier alpha value is -4.43. The lowest BCUT2D eigenvalue weighted by Gasteiger charge is -2.32. The molecule has 3 N–H and O–H groups in total. The van der Waals surface area contributed by atoms with Gasteiger partial charge in [0.15, 0.2) is 13.9 Å². The summed E-state index contributed by atoms with van der Waals surface area (Å²) in [5.41, 5.74) is 0.0708. The zero-order chi connectivity index (χ0) is 34.4. The predicted molar refractivity (Wildman–Crippen MR) is 181 cm³/mol. The van der Waals surface area contributed by atoms with Gasteiger partial charge in [0.25, 0.3) is 17.5 Å². The standard InChI is InChI=1S/C35H40N4O8Si/c1-22-32(48(2,3)46)30(19-31(41)37-16-8-13-27(37)21-40)47-35(22)28-18-26(39(44)45)14-15-29(28)38(34(35)43)20-23-9-7-12-25(17-23)36-33(42)24-10-5-4-6-11-24/h4-7,9-12,14-15,17-18,22,27,30,32,40,46H,8,13,16,19-21H2,1-3H3,(H,36,42)/t22-,27+,30+,32-,35+/m1/s1. The maximum absolute atomic E-state index is 14.8. The van der Waals surface area contributed by atoms with Crippen molar-refractivity contribution in [2.24, 2.45) is 5.92 Å². The summed E-state index contributed by atoms with van der Waals surface area (Å²) in [6.45, 7) is 5.76. The van der Waals surface area contributed by atoms with E-state index in [1.165, 1.54) is 17.0 Å². The monoisotopic (exact) mass is 672 g/mol. The smallest absolute Gasteiger partial charge is 0.269 e. The molecule has 3 aliphatic heterocycles. The van der Waals surface area contributed by atoms with Gasteiger partial charge in [-0.05, 0) is 61.8 Å². The zero-order valence-electron chi connectivity index (χ0n) is 27.2. The van der Waals surface area contributed by atoms with E-state index >= 15 is 0 Å². The van der Waals surface area contributed by atoms with Gasteiger partial charge >= 0.3 is 0 Å².